The fourth-order valence-electron chi connectivity index (χ4n) is 2.40. The highest BCUT2D eigenvalue weighted by molar-refractivity contribution is 5.76. The number of benzene rings is 1. The second kappa shape index (κ2) is 6.61. The van der Waals surface area contributed by atoms with Crippen LogP contribution in [0, 0.1) is 0 Å². The molecule has 2 atom stereocenters. The van der Waals surface area contributed by atoms with Crippen LogP contribution in [0.1, 0.15) is 20.3 Å². The lowest BCUT2D eigenvalue weighted by Crippen LogP contribution is -2.48. The minimum Gasteiger partial charge on any atom is -0.493 e. The summed E-state index contributed by atoms with van der Waals surface area (Å²) in [6.45, 7) is 5.64. The number of nitrogen functional groups attached to an aromatic ring is 1. The van der Waals surface area contributed by atoms with Crippen LogP contribution in [0.15, 0.2) is 24.3 Å². The van der Waals surface area contributed by atoms with E-state index in [9.17, 15) is 4.79 Å². The number of amides is 1. The molecule has 5 heteroatoms. The summed E-state index contributed by atoms with van der Waals surface area (Å²) in [5, 5.41) is 0. The first-order valence-electron chi connectivity index (χ1n) is 6.96. The molecule has 1 aliphatic heterocycles. The van der Waals surface area contributed by atoms with Crippen LogP contribution in [0.25, 0.3) is 0 Å². The third kappa shape index (κ3) is 4.13. The van der Waals surface area contributed by atoms with Crippen LogP contribution in [0.4, 0.5) is 5.69 Å². The summed E-state index contributed by atoms with van der Waals surface area (Å²) in [6.07, 6.45) is 0.559. The van der Waals surface area contributed by atoms with Crippen molar-refractivity contribution in [3.63, 3.8) is 0 Å². The van der Waals surface area contributed by atoms with Gasteiger partial charge in [-0.05, 0) is 26.0 Å². The lowest BCUT2D eigenvalue weighted by Gasteiger charge is -2.35. The third-order valence-electron chi connectivity index (χ3n) is 3.22. The Morgan fingerprint density at radius 2 is 2.10 bits per heavy atom. The van der Waals surface area contributed by atoms with Crippen molar-refractivity contribution in [1.29, 1.82) is 0 Å². The van der Waals surface area contributed by atoms with E-state index in [1.165, 1.54) is 0 Å². The molecule has 0 unspecified atom stereocenters. The summed E-state index contributed by atoms with van der Waals surface area (Å²) in [5.41, 5.74) is 6.33. The normalized spacial score (nSPS) is 22.6. The molecule has 0 aromatic heterocycles. The van der Waals surface area contributed by atoms with Gasteiger partial charge in [-0.1, -0.05) is 6.07 Å². The quantitative estimate of drug-likeness (QED) is 0.851. The number of hydrogen-bond donors (Lipinski definition) is 1. The third-order valence-corrected chi connectivity index (χ3v) is 3.22. The van der Waals surface area contributed by atoms with Crippen LogP contribution in [0.2, 0.25) is 0 Å². The first-order chi connectivity index (χ1) is 9.54. The van der Waals surface area contributed by atoms with Crippen molar-refractivity contribution < 1.29 is 14.3 Å². The van der Waals surface area contributed by atoms with Crippen molar-refractivity contribution in [3.05, 3.63) is 24.3 Å². The van der Waals surface area contributed by atoms with Gasteiger partial charge in [0, 0.05) is 24.8 Å². The summed E-state index contributed by atoms with van der Waals surface area (Å²) in [5.74, 6) is 0.803. The second-order valence-corrected chi connectivity index (χ2v) is 5.23. The van der Waals surface area contributed by atoms with E-state index in [-0.39, 0.29) is 18.1 Å². The molecular formula is C15H22N2O3. The Bertz CT molecular complexity index is 454. The standard InChI is InChI=1S/C15H22N2O3/c1-11-9-17(10-12(2)20-11)15(18)6-7-19-14-5-3-4-13(16)8-14/h3-5,8,11-12H,6-7,9-10,16H2,1-2H3/t11-,12+. The Labute approximate surface area is 119 Å². The molecule has 2 N–H and O–H groups in total. The topological polar surface area (TPSA) is 64.8 Å². The molecule has 1 heterocycles. The highest BCUT2D eigenvalue weighted by Crippen LogP contribution is 2.15. The van der Waals surface area contributed by atoms with E-state index in [1.807, 2.05) is 30.9 Å². The van der Waals surface area contributed by atoms with Crippen molar-refractivity contribution in [2.45, 2.75) is 32.5 Å². The molecule has 0 aliphatic carbocycles. The fourth-order valence-corrected chi connectivity index (χ4v) is 2.40. The van der Waals surface area contributed by atoms with Gasteiger partial charge in [-0.3, -0.25) is 4.79 Å². The van der Waals surface area contributed by atoms with Crippen molar-refractivity contribution >= 4 is 11.6 Å². The van der Waals surface area contributed by atoms with Gasteiger partial charge in [0.05, 0.1) is 25.2 Å². The number of hydrogen-bond acceptors (Lipinski definition) is 4. The number of anilines is 1. The van der Waals surface area contributed by atoms with Gasteiger partial charge >= 0.3 is 0 Å². The summed E-state index contributed by atoms with van der Waals surface area (Å²) in [6, 6.07) is 7.22. The minimum atomic E-state index is 0.0949. The van der Waals surface area contributed by atoms with Gasteiger partial charge in [0.15, 0.2) is 0 Å². The summed E-state index contributed by atoms with van der Waals surface area (Å²) in [4.78, 5) is 14.0. The maximum absolute atomic E-state index is 12.1. The van der Waals surface area contributed by atoms with Gasteiger partial charge in [0.1, 0.15) is 5.75 Å². The van der Waals surface area contributed by atoms with Crippen LogP contribution < -0.4 is 10.5 Å². The predicted octanol–water partition coefficient (Wildman–Crippen LogP) is 1.67. The monoisotopic (exact) mass is 278 g/mol. The zero-order chi connectivity index (χ0) is 14.5. The first-order valence-corrected chi connectivity index (χ1v) is 6.96. The molecule has 1 amide bonds. The van der Waals surface area contributed by atoms with E-state index < -0.39 is 0 Å². The zero-order valence-corrected chi connectivity index (χ0v) is 12.0. The molecule has 20 heavy (non-hydrogen) atoms. The van der Waals surface area contributed by atoms with Crippen molar-refractivity contribution in [2.75, 3.05) is 25.4 Å². The van der Waals surface area contributed by atoms with Crippen LogP contribution in [-0.2, 0) is 9.53 Å². The Balaban J connectivity index is 1.77. The molecule has 1 aromatic carbocycles. The molecule has 1 aromatic rings. The van der Waals surface area contributed by atoms with E-state index >= 15 is 0 Å². The number of morpholine rings is 1. The zero-order valence-electron chi connectivity index (χ0n) is 12.0. The Morgan fingerprint density at radius 3 is 2.75 bits per heavy atom. The number of nitrogens with two attached hydrogens (primary N) is 1. The van der Waals surface area contributed by atoms with E-state index in [4.69, 9.17) is 15.2 Å². The SMILES string of the molecule is C[C@@H]1CN(C(=O)CCOc2cccc(N)c2)C[C@H](C)O1. The highest BCUT2D eigenvalue weighted by atomic mass is 16.5. The summed E-state index contributed by atoms with van der Waals surface area (Å²) < 4.78 is 11.2. The Hall–Kier alpha value is -1.75. The van der Waals surface area contributed by atoms with Crippen molar-refractivity contribution in [1.82, 2.24) is 4.90 Å². The Morgan fingerprint density at radius 1 is 1.40 bits per heavy atom. The molecule has 2 rings (SSSR count). The molecular weight excluding hydrogens is 256 g/mol. The van der Waals surface area contributed by atoms with Gasteiger partial charge in [0.2, 0.25) is 5.91 Å². The van der Waals surface area contributed by atoms with E-state index in [2.05, 4.69) is 0 Å². The molecule has 0 bridgehead atoms. The highest BCUT2D eigenvalue weighted by Gasteiger charge is 2.25. The number of carbonyl (C=O) groups excluding carboxylic acids is 1. The van der Waals surface area contributed by atoms with Crippen molar-refractivity contribution in [3.8, 4) is 5.75 Å². The predicted molar refractivity (Wildman–Crippen MR) is 77.6 cm³/mol. The van der Waals surface area contributed by atoms with Gasteiger partial charge in [0.25, 0.3) is 0 Å². The molecule has 1 aliphatic rings. The average Bonchev–Trinajstić information content (AvgIpc) is 2.37. The molecule has 0 saturated carbocycles. The van der Waals surface area contributed by atoms with E-state index in [0.29, 0.717) is 37.6 Å². The van der Waals surface area contributed by atoms with Crippen LogP contribution in [0.3, 0.4) is 0 Å². The molecule has 0 spiro atoms. The summed E-state index contributed by atoms with van der Waals surface area (Å²) >= 11 is 0. The number of carbonyl (C=O) groups is 1. The van der Waals surface area contributed by atoms with E-state index in [0.717, 1.165) is 0 Å². The largest absolute Gasteiger partial charge is 0.493 e. The average molecular weight is 278 g/mol. The summed E-state index contributed by atoms with van der Waals surface area (Å²) in [7, 11) is 0. The first kappa shape index (κ1) is 14.7. The minimum absolute atomic E-state index is 0.0949. The lowest BCUT2D eigenvalue weighted by atomic mass is 10.2. The molecule has 0 radical (unpaired) electrons. The lowest BCUT2D eigenvalue weighted by molar-refractivity contribution is -0.143. The van der Waals surface area contributed by atoms with Crippen LogP contribution >= 0.6 is 0 Å². The second-order valence-electron chi connectivity index (χ2n) is 5.23. The van der Waals surface area contributed by atoms with Crippen LogP contribution in [0.5, 0.6) is 5.75 Å². The molecule has 1 fully saturated rings. The van der Waals surface area contributed by atoms with Gasteiger partial charge in [-0.25, -0.2) is 0 Å². The number of ether oxygens (including phenoxy) is 2. The maximum atomic E-state index is 12.1. The molecule has 110 valence electrons. The molecule has 1 saturated heterocycles. The van der Waals surface area contributed by atoms with Gasteiger partial charge < -0.3 is 20.1 Å². The smallest absolute Gasteiger partial charge is 0.226 e. The van der Waals surface area contributed by atoms with E-state index in [1.54, 1.807) is 12.1 Å². The fraction of sp³-hybridized carbons (Fsp3) is 0.533. The molecule has 5 nitrogen and oxygen atoms in total. The van der Waals surface area contributed by atoms with Gasteiger partial charge in [-0.2, -0.15) is 0 Å². The van der Waals surface area contributed by atoms with Gasteiger partial charge in [-0.15, -0.1) is 0 Å². The maximum Gasteiger partial charge on any atom is 0.226 e. The Kier molecular flexibility index (Phi) is 4.84. The van der Waals surface area contributed by atoms with Crippen molar-refractivity contribution in [2.24, 2.45) is 0 Å². The number of rotatable bonds is 4. The number of nitrogens with zero attached hydrogens (tertiary/aromatic N) is 1. The van der Waals surface area contributed by atoms with Crippen LogP contribution in [-0.4, -0.2) is 42.7 Å².